The van der Waals surface area contributed by atoms with E-state index in [2.05, 4.69) is 20.8 Å². The molecule has 2 saturated carbocycles. The van der Waals surface area contributed by atoms with Crippen molar-refractivity contribution in [3.05, 3.63) is 5.82 Å². The molecule has 0 bridgehead atoms. The fourth-order valence-electron chi connectivity index (χ4n) is 2.41. The van der Waals surface area contributed by atoms with Gasteiger partial charge >= 0.3 is 0 Å². The Balaban J connectivity index is 1.41. The lowest BCUT2D eigenvalue weighted by atomic mass is 10.3. The molecule has 0 spiro atoms. The van der Waals surface area contributed by atoms with Gasteiger partial charge in [0.15, 0.2) is 5.82 Å². The number of rotatable bonds is 7. The van der Waals surface area contributed by atoms with Crippen LogP contribution in [0, 0.1) is 0 Å². The molecule has 0 saturated heterocycles. The number of tetrazole rings is 1. The van der Waals surface area contributed by atoms with E-state index in [-0.39, 0.29) is 0 Å². The predicted molar refractivity (Wildman–Crippen MR) is 65.9 cm³/mol. The number of aromatic nitrogens is 4. The minimum absolute atomic E-state index is 0.467. The summed E-state index contributed by atoms with van der Waals surface area (Å²) in [5, 5.41) is 15.2. The molecule has 6 heteroatoms. The SMILES string of the molecule is C1CCC(OCCn2nnnc2CNC2CC2)C1. The van der Waals surface area contributed by atoms with Crippen LogP contribution in [0.5, 0.6) is 0 Å². The molecule has 1 aromatic rings. The van der Waals surface area contributed by atoms with E-state index in [9.17, 15) is 0 Å². The van der Waals surface area contributed by atoms with Crippen molar-refractivity contribution >= 4 is 0 Å². The van der Waals surface area contributed by atoms with Crippen molar-refractivity contribution in [1.29, 1.82) is 0 Å². The van der Waals surface area contributed by atoms with Crippen molar-refractivity contribution in [1.82, 2.24) is 25.5 Å². The lowest BCUT2D eigenvalue weighted by molar-refractivity contribution is 0.0507. The van der Waals surface area contributed by atoms with E-state index >= 15 is 0 Å². The number of hydrogen-bond acceptors (Lipinski definition) is 5. The van der Waals surface area contributed by atoms with Gasteiger partial charge in [-0.2, -0.15) is 0 Å². The van der Waals surface area contributed by atoms with Gasteiger partial charge in [0.05, 0.1) is 25.8 Å². The normalized spacial score (nSPS) is 20.7. The molecule has 6 nitrogen and oxygen atoms in total. The van der Waals surface area contributed by atoms with E-state index in [0.717, 1.165) is 18.9 Å². The maximum Gasteiger partial charge on any atom is 0.165 e. The van der Waals surface area contributed by atoms with Crippen LogP contribution in [0.25, 0.3) is 0 Å². The first-order valence-electron chi connectivity index (χ1n) is 7.02. The first kappa shape index (κ1) is 12.0. The smallest absolute Gasteiger partial charge is 0.165 e. The van der Waals surface area contributed by atoms with Crippen molar-refractivity contribution in [2.24, 2.45) is 0 Å². The summed E-state index contributed by atoms with van der Waals surface area (Å²) in [5.74, 6) is 0.914. The summed E-state index contributed by atoms with van der Waals surface area (Å²) in [4.78, 5) is 0. The van der Waals surface area contributed by atoms with E-state index < -0.39 is 0 Å². The van der Waals surface area contributed by atoms with Gasteiger partial charge in [0.25, 0.3) is 0 Å². The maximum absolute atomic E-state index is 5.83. The Hall–Kier alpha value is -1.01. The molecule has 0 atom stereocenters. The van der Waals surface area contributed by atoms with Crippen LogP contribution >= 0.6 is 0 Å². The van der Waals surface area contributed by atoms with Gasteiger partial charge in [-0.05, 0) is 36.1 Å². The number of nitrogens with zero attached hydrogens (tertiary/aromatic N) is 4. The van der Waals surface area contributed by atoms with Crippen molar-refractivity contribution in [2.75, 3.05) is 6.61 Å². The van der Waals surface area contributed by atoms with E-state index in [0.29, 0.717) is 18.8 Å². The van der Waals surface area contributed by atoms with Gasteiger partial charge in [-0.3, -0.25) is 0 Å². The third kappa shape index (κ3) is 3.26. The monoisotopic (exact) mass is 251 g/mol. The van der Waals surface area contributed by atoms with Crippen molar-refractivity contribution in [2.45, 2.75) is 63.8 Å². The molecule has 1 N–H and O–H groups in total. The predicted octanol–water partition coefficient (Wildman–Crippen LogP) is 0.884. The van der Waals surface area contributed by atoms with Crippen LogP contribution in [-0.4, -0.2) is 39.0 Å². The maximum atomic E-state index is 5.83. The minimum Gasteiger partial charge on any atom is -0.376 e. The van der Waals surface area contributed by atoms with Gasteiger partial charge in [0.2, 0.25) is 0 Å². The molecule has 18 heavy (non-hydrogen) atoms. The van der Waals surface area contributed by atoms with Crippen molar-refractivity contribution in [3.8, 4) is 0 Å². The summed E-state index contributed by atoms with van der Waals surface area (Å²) < 4.78 is 7.68. The fraction of sp³-hybridized carbons (Fsp3) is 0.917. The Morgan fingerprint density at radius 3 is 2.83 bits per heavy atom. The van der Waals surface area contributed by atoms with Crippen LogP contribution in [0.1, 0.15) is 44.3 Å². The molecular weight excluding hydrogens is 230 g/mol. The van der Waals surface area contributed by atoms with Crippen LogP contribution in [0.3, 0.4) is 0 Å². The molecule has 1 aromatic heterocycles. The molecule has 0 aliphatic heterocycles. The molecule has 0 aromatic carbocycles. The highest BCUT2D eigenvalue weighted by molar-refractivity contribution is 4.86. The molecule has 1 heterocycles. The highest BCUT2D eigenvalue weighted by Crippen LogP contribution is 2.21. The second-order valence-corrected chi connectivity index (χ2v) is 5.25. The van der Waals surface area contributed by atoms with E-state index in [1.807, 2.05) is 4.68 Å². The first-order valence-corrected chi connectivity index (χ1v) is 7.02. The van der Waals surface area contributed by atoms with E-state index in [1.54, 1.807) is 0 Å². The molecule has 2 aliphatic rings. The lowest BCUT2D eigenvalue weighted by Gasteiger charge is -2.11. The summed E-state index contributed by atoms with van der Waals surface area (Å²) in [6.45, 7) is 2.23. The third-order valence-corrected chi connectivity index (χ3v) is 3.69. The second-order valence-electron chi connectivity index (χ2n) is 5.25. The lowest BCUT2D eigenvalue weighted by Crippen LogP contribution is -2.21. The van der Waals surface area contributed by atoms with Crippen LogP contribution in [0.2, 0.25) is 0 Å². The van der Waals surface area contributed by atoms with Gasteiger partial charge in [-0.25, -0.2) is 4.68 Å². The van der Waals surface area contributed by atoms with Crippen LogP contribution < -0.4 is 5.32 Å². The minimum atomic E-state index is 0.467. The Bertz CT molecular complexity index is 370. The highest BCUT2D eigenvalue weighted by atomic mass is 16.5. The Kier molecular flexibility index (Phi) is 3.85. The summed E-state index contributed by atoms with van der Waals surface area (Å²) in [6, 6.07) is 0.685. The summed E-state index contributed by atoms with van der Waals surface area (Å²) in [7, 11) is 0. The quantitative estimate of drug-likeness (QED) is 0.779. The second kappa shape index (κ2) is 5.75. The molecule has 0 amide bonds. The number of hydrogen-bond donors (Lipinski definition) is 1. The average Bonchev–Trinajstić information content (AvgIpc) is 2.89. The molecule has 100 valence electrons. The highest BCUT2D eigenvalue weighted by Gasteiger charge is 2.21. The van der Waals surface area contributed by atoms with Gasteiger partial charge < -0.3 is 10.1 Å². The van der Waals surface area contributed by atoms with Crippen LogP contribution in [0.15, 0.2) is 0 Å². The largest absolute Gasteiger partial charge is 0.376 e. The fourth-order valence-corrected chi connectivity index (χ4v) is 2.41. The zero-order chi connectivity index (χ0) is 12.2. The number of ether oxygens (including phenoxy) is 1. The third-order valence-electron chi connectivity index (χ3n) is 3.69. The van der Waals surface area contributed by atoms with Gasteiger partial charge in [0, 0.05) is 6.04 Å². The molecule has 3 rings (SSSR count). The number of nitrogens with one attached hydrogen (secondary N) is 1. The topological polar surface area (TPSA) is 64.9 Å². The average molecular weight is 251 g/mol. The van der Waals surface area contributed by atoms with Gasteiger partial charge in [-0.15, -0.1) is 5.10 Å². The molecule has 2 fully saturated rings. The van der Waals surface area contributed by atoms with E-state index in [4.69, 9.17) is 4.74 Å². The standard InChI is InChI=1S/C12H21N5O/c1-2-4-11(3-1)18-8-7-17-12(14-15-16-17)9-13-10-5-6-10/h10-11,13H,1-9H2. The van der Waals surface area contributed by atoms with Crippen molar-refractivity contribution < 1.29 is 4.74 Å². The summed E-state index contributed by atoms with van der Waals surface area (Å²) in [6.07, 6.45) is 8.09. The van der Waals surface area contributed by atoms with Gasteiger partial charge in [0.1, 0.15) is 0 Å². The molecule has 2 aliphatic carbocycles. The first-order chi connectivity index (χ1) is 8.92. The van der Waals surface area contributed by atoms with Crippen LogP contribution in [0.4, 0.5) is 0 Å². The summed E-state index contributed by atoms with van der Waals surface area (Å²) in [5.41, 5.74) is 0. The Morgan fingerprint density at radius 2 is 2.06 bits per heavy atom. The summed E-state index contributed by atoms with van der Waals surface area (Å²) >= 11 is 0. The zero-order valence-electron chi connectivity index (χ0n) is 10.7. The molecule has 0 unspecified atom stereocenters. The van der Waals surface area contributed by atoms with Crippen LogP contribution in [-0.2, 0) is 17.8 Å². The molecule has 0 radical (unpaired) electrons. The van der Waals surface area contributed by atoms with E-state index in [1.165, 1.54) is 38.5 Å². The van der Waals surface area contributed by atoms with Gasteiger partial charge in [-0.1, -0.05) is 12.8 Å². The van der Waals surface area contributed by atoms with Crippen molar-refractivity contribution in [3.63, 3.8) is 0 Å². The zero-order valence-corrected chi connectivity index (χ0v) is 10.7. The Morgan fingerprint density at radius 1 is 1.22 bits per heavy atom. The molecular formula is C12H21N5O. The Labute approximate surface area is 107 Å².